The smallest absolute Gasteiger partial charge is 0.416 e. The lowest BCUT2D eigenvalue weighted by Crippen LogP contribution is -2.29. The molecule has 0 radical (unpaired) electrons. The summed E-state index contributed by atoms with van der Waals surface area (Å²) < 4.78 is 41.3. The van der Waals surface area contributed by atoms with Crippen LogP contribution in [0.2, 0.25) is 0 Å². The Balaban J connectivity index is 1.85. The molecule has 0 aliphatic rings. The molecule has 0 aliphatic heterocycles. The van der Waals surface area contributed by atoms with Gasteiger partial charge < -0.3 is 9.67 Å². The number of fused-ring (bicyclic) bond motifs is 1. The number of hydrogen-bond donors (Lipinski definition) is 1. The molecule has 0 saturated carbocycles. The summed E-state index contributed by atoms with van der Waals surface area (Å²) in [6.07, 6.45) is -4.46. The molecule has 0 spiro atoms. The van der Waals surface area contributed by atoms with Gasteiger partial charge in [-0.15, -0.1) is 0 Å². The van der Waals surface area contributed by atoms with Crippen LogP contribution in [-0.4, -0.2) is 21.6 Å². The highest BCUT2D eigenvalue weighted by Crippen LogP contribution is 2.30. The first-order valence-corrected chi connectivity index (χ1v) is 10.7. The molecule has 168 valence electrons. The topological polar surface area (TPSA) is 71.7 Å². The number of rotatable bonds is 5. The highest BCUT2D eigenvalue weighted by molar-refractivity contribution is 7.16. The number of carbonyl (C=O) groups is 2. The van der Waals surface area contributed by atoms with Crippen LogP contribution in [-0.2, 0) is 17.4 Å². The number of benzene rings is 3. The molecule has 1 heterocycles. The van der Waals surface area contributed by atoms with Gasteiger partial charge in [-0.25, -0.2) is 4.79 Å². The second-order valence-corrected chi connectivity index (χ2v) is 8.27. The third-order valence-corrected chi connectivity index (χ3v) is 6.07. The Hall–Kier alpha value is -3.72. The zero-order chi connectivity index (χ0) is 23.6. The van der Waals surface area contributed by atoms with Gasteiger partial charge in [0.1, 0.15) is 6.04 Å². The van der Waals surface area contributed by atoms with Crippen LogP contribution in [0, 0.1) is 0 Å². The molecule has 3 aromatic carbocycles. The van der Waals surface area contributed by atoms with Crippen molar-refractivity contribution < 1.29 is 27.9 Å². The average Bonchev–Trinajstić information content (AvgIpc) is 3.15. The number of amides is 1. The molecule has 1 aromatic heterocycles. The summed E-state index contributed by atoms with van der Waals surface area (Å²) in [5.74, 6) is -2.00. The number of alkyl halides is 3. The number of aromatic nitrogens is 1. The Morgan fingerprint density at radius 2 is 1.67 bits per heavy atom. The van der Waals surface area contributed by atoms with Gasteiger partial charge in [-0.1, -0.05) is 59.9 Å². The van der Waals surface area contributed by atoms with Gasteiger partial charge in [0.05, 0.1) is 15.8 Å². The van der Waals surface area contributed by atoms with E-state index in [1.54, 1.807) is 48.5 Å². The van der Waals surface area contributed by atoms with Gasteiger partial charge in [-0.05, 0) is 35.9 Å². The molecule has 0 aliphatic carbocycles. The van der Waals surface area contributed by atoms with Crippen LogP contribution in [0.15, 0.2) is 83.9 Å². The summed E-state index contributed by atoms with van der Waals surface area (Å²) in [6, 6.07) is 19.0. The molecule has 1 N–H and O–H groups in total. The van der Waals surface area contributed by atoms with Crippen LogP contribution in [0.25, 0.3) is 10.2 Å². The minimum atomic E-state index is -4.60. The lowest BCUT2D eigenvalue weighted by molar-refractivity contribution is -0.141. The highest BCUT2D eigenvalue weighted by Gasteiger charge is 2.31. The van der Waals surface area contributed by atoms with Crippen LogP contribution in [0.1, 0.15) is 27.5 Å². The Kier molecular flexibility index (Phi) is 6.15. The second kappa shape index (κ2) is 9.03. The number of nitrogens with zero attached hydrogens (tertiary/aromatic N) is 2. The van der Waals surface area contributed by atoms with Crippen LogP contribution in [0.4, 0.5) is 13.2 Å². The first-order chi connectivity index (χ1) is 15.7. The van der Waals surface area contributed by atoms with E-state index in [0.29, 0.717) is 10.2 Å². The summed E-state index contributed by atoms with van der Waals surface area (Å²) in [4.78, 5) is 29.2. The van der Waals surface area contributed by atoms with Crippen molar-refractivity contribution in [1.82, 2.24) is 4.57 Å². The minimum Gasteiger partial charge on any atom is -0.480 e. The van der Waals surface area contributed by atoms with Crippen molar-refractivity contribution in [2.24, 2.45) is 4.99 Å². The number of carboxylic acid groups (broad SMARTS) is 1. The van der Waals surface area contributed by atoms with Crippen LogP contribution < -0.4 is 4.80 Å². The number of carboxylic acids is 1. The molecule has 0 fully saturated rings. The molecule has 1 atom stereocenters. The van der Waals surface area contributed by atoms with E-state index in [0.717, 1.165) is 35.1 Å². The zero-order valence-electron chi connectivity index (χ0n) is 17.0. The fourth-order valence-electron chi connectivity index (χ4n) is 3.48. The van der Waals surface area contributed by atoms with Crippen molar-refractivity contribution in [3.8, 4) is 0 Å². The summed E-state index contributed by atoms with van der Waals surface area (Å²) in [7, 11) is 0. The van der Waals surface area contributed by atoms with Crippen molar-refractivity contribution in [3.63, 3.8) is 0 Å². The highest BCUT2D eigenvalue weighted by atomic mass is 32.1. The van der Waals surface area contributed by atoms with Gasteiger partial charge >= 0.3 is 12.1 Å². The molecule has 4 rings (SSSR count). The summed E-state index contributed by atoms with van der Waals surface area (Å²) >= 11 is 1.10. The van der Waals surface area contributed by atoms with Gasteiger partial charge in [-0.2, -0.15) is 18.2 Å². The number of halogens is 3. The number of hydrogen-bond acceptors (Lipinski definition) is 3. The molecule has 0 bridgehead atoms. The quantitative estimate of drug-likeness (QED) is 0.429. The van der Waals surface area contributed by atoms with Gasteiger partial charge in [0.2, 0.25) is 0 Å². The Morgan fingerprint density at radius 3 is 2.36 bits per heavy atom. The van der Waals surface area contributed by atoms with E-state index in [4.69, 9.17) is 0 Å². The van der Waals surface area contributed by atoms with E-state index in [-0.39, 0.29) is 16.8 Å². The largest absolute Gasteiger partial charge is 0.480 e. The maximum atomic E-state index is 13.1. The third kappa shape index (κ3) is 4.88. The van der Waals surface area contributed by atoms with E-state index >= 15 is 0 Å². The molecule has 0 saturated heterocycles. The fraction of sp³-hybridized carbons (Fsp3) is 0.125. The molecular formula is C24H17F3N2O3S. The maximum Gasteiger partial charge on any atom is 0.416 e. The normalized spacial score (nSPS) is 13.2. The Bertz CT molecular complexity index is 1390. The number of para-hydroxylation sites is 1. The first kappa shape index (κ1) is 22.5. The number of thiazole rings is 1. The van der Waals surface area contributed by atoms with Crippen molar-refractivity contribution in [2.75, 3.05) is 0 Å². The third-order valence-electron chi connectivity index (χ3n) is 5.03. The van der Waals surface area contributed by atoms with Crippen molar-refractivity contribution in [1.29, 1.82) is 0 Å². The lowest BCUT2D eigenvalue weighted by Gasteiger charge is -2.16. The van der Waals surface area contributed by atoms with E-state index < -0.39 is 29.7 Å². The summed E-state index contributed by atoms with van der Waals surface area (Å²) in [5, 5.41) is 10.00. The molecule has 1 unspecified atom stereocenters. The first-order valence-electron chi connectivity index (χ1n) is 9.87. The monoisotopic (exact) mass is 470 g/mol. The van der Waals surface area contributed by atoms with E-state index in [1.807, 2.05) is 6.07 Å². The van der Waals surface area contributed by atoms with Crippen molar-refractivity contribution in [2.45, 2.75) is 18.6 Å². The molecular weight excluding hydrogens is 453 g/mol. The maximum absolute atomic E-state index is 13.1. The van der Waals surface area contributed by atoms with Crippen molar-refractivity contribution in [3.05, 3.63) is 100 Å². The molecule has 4 aromatic rings. The van der Waals surface area contributed by atoms with Crippen LogP contribution in [0.5, 0.6) is 0 Å². The molecule has 33 heavy (non-hydrogen) atoms. The summed E-state index contributed by atoms with van der Waals surface area (Å²) in [6.45, 7) is 0. The molecule has 5 nitrogen and oxygen atoms in total. The van der Waals surface area contributed by atoms with Crippen LogP contribution >= 0.6 is 11.3 Å². The van der Waals surface area contributed by atoms with E-state index in [2.05, 4.69) is 4.99 Å². The summed E-state index contributed by atoms with van der Waals surface area (Å²) in [5.41, 5.74) is 0.160. The van der Waals surface area contributed by atoms with Crippen molar-refractivity contribution >= 4 is 33.4 Å². The standard InChI is InChI=1S/C24H17F3N2O3S/c25-24(26,27)17-10-6-9-16(14-17)21(30)28-23-29(18-11-4-5-12-20(18)33-23)19(22(31)32)13-15-7-2-1-3-8-15/h1-12,14,19H,13H2,(H,31,32). The average molecular weight is 470 g/mol. The Morgan fingerprint density at radius 1 is 0.970 bits per heavy atom. The van der Waals surface area contributed by atoms with Gasteiger partial charge in [0.15, 0.2) is 4.80 Å². The van der Waals surface area contributed by atoms with E-state index in [9.17, 15) is 27.9 Å². The van der Waals surface area contributed by atoms with Gasteiger partial charge in [0, 0.05) is 12.0 Å². The minimum absolute atomic E-state index is 0.0990. The zero-order valence-corrected chi connectivity index (χ0v) is 17.8. The predicted octanol–water partition coefficient (Wildman–Crippen LogP) is 5.33. The van der Waals surface area contributed by atoms with E-state index in [1.165, 1.54) is 10.6 Å². The number of aliphatic carboxylic acids is 1. The lowest BCUT2D eigenvalue weighted by atomic mass is 10.1. The predicted molar refractivity (Wildman–Crippen MR) is 118 cm³/mol. The second-order valence-electron chi connectivity index (χ2n) is 7.26. The molecule has 1 amide bonds. The number of carbonyl (C=O) groups excluding carboxylic acids is 1. The molecule has 9 heteroatoms. The van der Waals surface area contributed by atoms with Gasteiger partial charge in [-0.3, -0.25) is 4.79 Å². The Labute approximate surface area is 190 Å². The van der Waals surface area contributed by atoms with Gasteiger partial charge in [0.25, 0.3) is 5.91 Å². The van der Waals surface area contributed by atoms with Crippen LogP contribution in [0.3, 0.4) is 0 Å². The SMILES string of the molecule is O=C(N=c1sc2ccccc2n1C(Cc1ccccc1)C(=O)O)c1cccc(C(F)(F)F)c1. The fourth-order valence-corrected chi connectivity index (χ4v) is 4.54.